The van der Waals surface area contributed by atoms with Crippen molar-refractivity contribution in [1.29, 1.82) is 0 Å². The van der Waals surface area contributed by atoms with Crippen LogP contribution in [-0.2, 0) is 0 Å². The number of hydrogen-bond acceptors (Lipinski definition) is 2. The molecule has 20 heavy (non-hydrogen) atoms. The van der Waals surface area contributed by atoms with Crippen LogP contribution in [0.1, 0.15) is 57.6 Å². The first kappa shape index (κ1) is 15.3. The van der Waals surface area contributed by atoms with Gasteiger partial charge in [0.1, 0.15) is 5.82 Å². The van der Waals surface area contributed by atoms with Crippen molar-refractivity contribution in [3.05, 3.63) is 29.6 Å². The minimum atomic E-state index is -0.135. The molecule has 0 saturated carbocycles. The van der Waals surface area contributed by atoms with Crippen LogP contribution in [0.3, 0.4) is 0 Å². The Morgan fingerprint density at radius 1 is 1.20 bits per heavy atom. The molecule has 0 spiro atoms. The van der Waals surface area contributed by atoms with Gasteiger partial charge in [-0.2, -0.15) is 0 Å². The van der Waals surface area contributed by atoms with Crippen LogP contribution in [0.2, 0.25) is 0 Å². The van der Waals surface area contributed by atoms with Crippen molar-refractivity contribution in [3.63, 3.8) is 0 Å². The van der Waals surface area contributed by atoms with Crippen molar-refractivity contribution in [2.45, 2.75) is 52.0 Å². The molecular formula is C17H27FN2. The molecule has 0 aliphatic carbocycles. The van der Waals surface area contributed by atoms with E-state index >= 15 is 0 Å². The average Bonchev–Trinajstić information content (AvgIpc) is 2.73. The van der Waals surface area contributed by atoms with Crippen LogP contribution in [0.25, 0.3) is 0 Å². The van der Waals surface area contributed by atoms with Crippen LogP contribution in [0, 0.1) is 5.82 Å². The highest BCUT2D eigenvalue weighted by molar-refractivity contribution is 5.55. The van der Waals surface area contributed by atoms with Crippen LogP contribution < -0.4 is 10.2 Å². The Morgan fingerprint density at radius 2 is 1.90 bits per heavy atom. The van der Waals surface area contributed by atoms with Gasteiger partial charge in [0.2, 0.25) is 0 Å². The van der Waals surface area contributed by atoms with Crippen molar-refractivity contribution < 1.29 is 4.39 Å². The number of hydrogen-bond donors (Lipinski definition) is 1. The van der Waals surface area contributed by atoms with Gasteiger partial charge in [0, 0.05) is 24.8 Å². The fourth-order valence-electron chi connectivity index (χ4n) is 2.94. The lowest BCUT2D eigenvalue weighted by Crippen LogP contribution is -2.28. The van der Waals surface area contributed by atoms with Crippen molar-refractivity contribution in [2.75, 3.05) is 24.5 Å². The molecule has 0 bridgehead atoms. The van der Waals surface area contributed by atoms with Gasteiger partial charge in [0.05, 0.1) is 0 Å². The molecule has 112 valence electrons. The lowest BCUT2D eigenvalue weighted by molar-refractivity contribution is 0.560. The molecule has 1 heterocycles. The Morgan fingerprint density at radius 3 is 2.55 bits per heavy atom. The summed E-state index contributed by atoms with van der Waals surface area (Å²) in [5.74, 6) is -0.135. The van der Waals surface area contributed by atoms with E-state index in [1.165, 1.54) is 31.4 Å². The second-order valence-electron chi connectivity index (χ2n) is 5.78. The topological polar surface area (TPSA) is 15.3 Å². The predicted molar refractivity (Wildman–Crippen MR) is 83.8 cm³/mol. The second kappa shape index (κ2) is 7.63. The van der Waals surface area contributed by atoms with Gasteiger partial charge in [-0.25, -0.2) is 4.39 Å². The minimum absolute atomic E-state index is 0.135. The van der Waals surface area contributed by atoms with E-state index in [1.54, 1.807) is 12.1 Å². The Balaban J connectivity index is 2.21. The maximum atomic E-state index is 13.6. The molecular weight excluding hydrogens is 251 g/mol. The van der Waals surface area contributed by atoms with Gasteiger partial charge >= 0.3 is 0 Å². The highest BCUT2D eigenvalue weighted by Gasteiger charge is 2.17. The first-order valence-electron chi connectivity index (χ1n) is 8.00. The summed E-state index contributed by atoms with van der Waals surface area (Å²) in [6, 6.07) is 5.45. The van der Waals surface area contributed by atoms with E-state index in [0.29, 0.717) is 0 Å². The van der Waals surface area contributed by atoms with Gasteiger partial charge in [-0.3, -0.25) is 0 Å². The number of nitrogens with one attached hydrogen (secondary N) is 1. The second-order valence-corrected chi connectivity index (χ2v) is 5.78. The fraction of sp³-hybridized carbons (Fsp3) is 0.647. The molecule has 0 aromatic heterocycles. The van der Waals surface area contributed by atoms with Crippen LogP contribution in [-0.4, -0.2) is 19.6 Å². The molecule has 3 heteroatoms. The van der Waals surface area contributed by atoms with Crippen molar-refractivity contribution in [3.8, 4) is 0 Å². The molecule has 2 nitrogen and oxygen atoms in total. The summed E-state index contributed by atoms with van der Waals surface area (Å²) in [5.41, 5.74) is 2.31. The summed E-state index contributed by atoms with van der Waals surface area (Å²) in [5, 5.41) is 3.48. The van der Waals surface area contributed by atoms with Gasteiger partial charge in [0.25, 0.3) is 0 Å². The van der Waals surface area contributed by atoms with Crippen LogP contribution in [0.4, 0.5) is 10.1 Å². The quantitative estimate of drug-likeness (QED) is 0.865. The molecule has 1 aromatic rings. The van der Waals surface area contributed by atoms with E-state index in [2.05, 4.69) is 24.1 Å². The SMILES string of the molecule is CCCNC(C)c1cc(F)ccc1N1CCCCCC1. The molecule has 0 radical (unpaired) electrons. The summed E-state index contributed by atoms with van der Waals surface area (Å²) in [7, 11) is 0. The van der Waals surface area contributed by atoms with Gasteiger partial charge in [-0.1, -0.05) is 19.8 Å². The predicted octanol–water partition coefficient (Wildman–Crippen LogP) is 4.27. The van der Waals surface area contributed by atoms with Gasteiger partial charge in [-0.15, -0.1) is 0 Å². The molecule has 1 saturated heterocycles. The third-order valence-electron chi connectivity index (χ3n) is 4.10. The van der Waals surface area contributed by atoms with Crippen LogP contribution >= 0.6 is 0 Å². The maximum Gasteiger partial charge on any atom is 0.123 e. The van der Waals surface area contributed by atoms with E-state index < -0.39 is 0 Å². The third kappa shape index (κ3) is 3.95. The number of nitrogens with zero attached hydrogens (tertiary/aromatic N) is 1. The molecule has 1 unspecified atom stereocenters. The summed E-state index contributed by atoms with van der Waals surface area (Å²) >= 11 is 0. The Kier molecular flexibility index (Phi) is 5.84. The molecule has 1 atom stereocenters. The molecule has 1 aliphatic rings. The van der Waals surface area contributed by atoms with E-state index in [1.807, 2.05) is 6.07 Å². The van der Waals surface area contributed by atoms with Gasteiger partial charge in [0.15, 0.2) is 0 Å². The zero-order valence-corrected chi connectivity index (χ0v) is 12.8. The fourth-order valence-corrected chi connectivity index (χ4v) is 2.94. The molecule has 2 rings (SSSR count). The van der Waals surface area contributed by atoms with Crippen molar-refractivity contribution in [2.24, 2.45) is 0 Å². The van der Waals surface area contributed by atoms with Crippen molar-refractivity contribution >= 4 is 5.69 Å². The van der Waals surface area contributed by atoms with E-state index in [0.717, 1.165) is 31.6 Å². The molecule has 1 aromatic carbocycles. The van der Waals surface area contributed by atoms with E-state index in [-0.39, 0.29) is 11.9 Å². The maximum absolute atomic E-state index is 13.6. The zero-order chi connectivity index (χ0) is 14.4. The monoisotopic (exact) mass is 278 g/mol. The largest absolute Gasteiger partial charge is 0.371 e. The number of rotatable bonds is 5. The third-order valence-corrected chi connectivity index (χ3v) is 4.10. The van der Waals surface area contributed by atoms with Crippen LogP contribution in [0.15, 0.2) is 18.2 Å². The van der Waals surface area contributed by atoms with Crippen LogP contribution in [0.5, 0.6) is 0 Å². The average molecular weight is 278 g/mol. The highest BCUT2D eigenvalue weighted by atomic mass is 19.1. The standard InChI is InChI=1S/C17H27FN2/c1-3-10-19-14(2)16-13-15(18)8-9-17(16)20-11-6-4-5-7-12-20/h8-9,13-14,19H,3-7,10-12H2,1-2H3. The molecule has 1 aliphatic heterocycles. The number of benzene rings is 1. The molecule has 0 amide bonds. The lowest BCUT2D eigenvalue weighted by Gasteiger charge is -2.28. The Hall–Kier alpha value is -1.09. The van der Waals surface area contributed by atoms with Crippen molar-refractivity contribution in [1.82, 2.24) is 5.32 Å². The number of halogens is 1. The lowest BCUT2D eigenvalue weighted by atomic mass is 10.0. The first-order valence-corrected chi connectivity index (χ1v) is 8.00. The summed E-state index contributed by atoms with van der Waals surface area (Å²) in [6.07, 6.45) is 6.22. The molecule has 1 N–H and O–H groups in total. The first-order chi connectivity index (χ1) is 9.72. The smallest absolute Gasteiger partial charge is 0.123 e. The van der Waals surface area contributed by atoms with Gasteiger partial charge in [-0.05, 0) is 56.5 Å². The summed E-state index contributed by atoms with van der Waals surface area (Å²) in [4.78, 5) is 2.44. The van der Waals surface area contributed by atoms with E-state index in [9.17, 15) is 4.39 Å². The summed E-state index contributed by atoms with van der Waals surface area (Å²) in [6.45, 7) is 7.45. The Labute approximate surface area is 122 Å². The van der Waals surface area contributed by atoms with Gasteiger partial charge < -0.3 is 10.2 Å². The number of anilines is 1. The minimum Gasteiger partial charge on any atom is -0.371 e. The van der Waals surface area contributed by atoms with E-state index in [4.69, 9.17) is 0 Å². The Bertz CT molecular complexity index is 411. The molecule has 1 fully saturated rings. The highest BCUT2D eigenvalue weighted by Crippen LogP contribution is 2.29. The summed E-state index contributed by atoms with van der Waals surface area (Å²) < 4.78 is 13.6. The zero-order valence-electron chi connectivity index (χ0n) is 12.8. The normalized spacial score (nSPS) is 17.9.